The van der Waals surface area contributed by atoms with Crippen molar-refractivity contribution in [2.24, 2.45) is 5.92 Å². The first-order chi connectivity index (χ1) is 9.06. The fourth-order valence-corrected chi connectivity index (χ4v) is 2.17. The molecule has 0 saturated carbocycles. The van der Waals surface area contributed by atoms with E-state index in [9.17, 15) is 4.79 Å². The zero-order valence-corrected chi connectivity index (χ0v) is 11.9. The Morgan fingerprint density at radius 3 is 3.05 bits per heavy atom. The first-order valence-corrected chi connectivity index (χ1v) is 6.75. The van der Waals surface area contributed by atoms with Crippen molar-refractivity contribution in [3.63, 3.8) is 0 Å². The molecule has 106 valence electrons. The van der Waals surface area contributed by atoms with Gasteiger partial charge in [-0.3, -0.25) is 4.79 Å². The second-order valence-corrected chi connectivity index (χ2v) is 5.52. The molecule has 1 aromatic rings. The Kier molecular flexibility index (Phi) is 4.66. The van der Waals surface area contributed by atoms with Crippen LogP contribution in [0.3, 0.4) is 0 Å². The summed E-state index contributed by atoms with van der Waals surface area (Å²) in [4.78, 5) is 18.5. The number of hydrogen-bond donors (Lipinski definition) is 0. The van der Waals surface area contributed by atoms with Crippen LogP contribution in [0.1, 0.15) is 19.7 Å². The zero-order chi connectivity index (χ0) is 13.8. The fraction of sp³-hybridized carbons (Fsp3) is 0.769. The van der Waals surface area contributed by atoms with Gasteiger partial charge in [-0.15, -0.1) is 0 Å². The van der Waals surface area contributed by atoms with Crippen molar-refractivity contribution in [3.05, 3.63) is 12.2 Å². The molecule has 1 aromatic heterocycles. The summed E-state index contributed by atoms with van der Waals surface area (Å²) < 4.78 is 7.35. The lowest BCUT2D eigenvalue weighted by Gasteiger charge is -2.28. The van der Waals surface area contributed by atoms with Gasteiger partial charge < -0.3 is 9.64 Å². The summed E-state index contributed by atoms with van der Waals surface area (Å²) in [7, 11) is 2.00. The van der Waals surface area contributed by atoms with Crippen molar-refractivity contribution < 1.29 is 9.53 Å². The van der Waals surface area contributed by atoms with Crippen LogP contribution >= 0.6 is 0 Å². The van der Waals surface area contributed by atoms with Crippen molar-refractivity contribution in [3.8, 4) is 0 Å². The molecule has 1 fully saturated rings. The van der Waals surface area contributed by atoms with Crippen LogP contribution in [0, 0.1) is 5.92 Å². The monoisotopic (exact) mass is 266 g/mol. The van der Waals surface area contributed by atoms with Gasteiger partial charge in [-0.05, 0) is 13.0 Å². The standard InChI is InChI=1S/C13H22N4O2/c1-10(2)7-17-13(14-9-15-17)6-11(18)12-8-16(3)4-5-19-12/h9-10,12H,4-8H2,1-3H3. The second-order valence-electron chi connectivity index (χ2n) is 5.52. The summed E-state index contributed by atoms with van der Waals surface area (Å²) in [6.45, 7) is 7.18. The molecular formula is C13H22N4O2. The van der Waals surface area contributed by atoms with Crippen molar-refractivity contribution in [1.29, 1.82) is 0 Å². The second kappa shape index (κ2) is 6.25. The number of ketones is 1. The third kappa shape index (κ3) is 3.84. The van der Waals surface area contributed by atoms with E-state index in [1.807, 2.05) is 11.7 Å². The van der Waals surface area contributed by atoms with Crippen molar-refractivity contribution in [1.82, 2.24) is 19.7 Å². The molecule has 1 saturated heterocycles. The van der Waals surface area contributed by atoms with Crippen LogP contribution in [-0.4, -0.2) is 58.3 Å². The van der Waals surface area contributed by atoms with Crippen LogP contribution in [0.5, 0.6) is 0 Å². The van der Waals surface area contributed by atoms with E-state index in [1.54, 1.807) is 0 Å². The van der Waals surface area contributed by atoms with Crippen molar-refractivity contribution in [2.75, 3.05) is 26.7 Å². The number of hydrogen-bond acceptors (Lipinski definition) is 5. The number of aromatic nitrogens is 3. The fourth-order valence-electron chi connectivity index (χ4n) is 2.17. The Hall–Kier alpha value is -1.27. The highest BCUT2D eigenvalue weighted by atomic mass is 16.5. The topological polar surface area (TPSA) is 60.2 Å². The largest absolute Gasteiger partial charge is 0.368 e. The molecule has 2 rings (SSSR count). The average molecular weight is 266 g/mol. The van der Waals surface area contributed by atoms with Gasteiger partial charge in [-0.1, -0.05) is 13.8 Å². The predicted octanol–water partition coefficient (Wildman–Crippen LogP) is 0.376. The molecule has 0 N–H and O–H groups in total. The highest BCUT2D eigenvalue weighted by Gasteiger charge is 2.26. The van der Waals surface area contributed by atoms with Gasteiger partial charge in [0.2, 0.25) is 0 Å². The maximum Gasteiger partial charge on any atom is 0.170 e. The minimum atomic E-state index is -0.331. The lowest BCUT2D eigenvalue weighted by molar-refractivity contribution is -0.135. The van der Waals surface area contributed by atoms with E-state index in [0.717, 1.165) is 18.9 Å². The summed E-state index contributed by atoms with van der Waals surface area (Å²) in [5.41, 5.74) is 0. The van der Waals surface area contributed by atoms with Crippen molar-refractivity contribution in [2.45, 2.75) is 32.9 Å². The molecule has 6 heteroatoms. The normalized spacial score (nSPS) is 20.9. The zero-order valence-electron chi connectivity index (χ0n) is 11.9. The van der Waals surface area contributed by atoms with Gasteiger partial charge in [0.1, 0.15) is 18.3 Å². The maximum atomic E-state index is 12.2. The summed E-state index contributed by atoms with van der Waals surface area (Å²) in [5, 5.41) is 4.17. The third-order valence-corrected chi connectivity index (χ3v) is 3.19. The quantitative estimate of drug-likeness (QED) is 0.771. The molecule has 0 amide bonds. The molecule has 0 radical (unpaired) electrons. The first-order valence-electron chi connectivity index (χ1n) is 6.75. The smallest absolute Gasteiger partial charge is 0.170 e. The van der Waals surface area contributed by atoms with Crippen LogP contribution in [0.25, 0.3) is 0 Å². The third-order valence-electron chi connectivity index (χ3n) is 3.19. The molecule has 1 aliphatic rings. The predicted molar refractivity (Wildman–Crippen MR) is 70.8 cm³/mol. The van der Waals surface area contributed by atoms with E-state index in [0.29, 0.717) is 25.5 Å². The molecule has 1 aliphatic heterocycles. The summed E-state index contributed by atoms with van der Waals surface area (Å²) in [5.74, 6) is 1.30. The molecule has 6 nitrogen and oxygen atoms in total. The summed E-state index contributed by atoms with van der Waals surface area (Å²) in [6.07, 6.45) is 1.48. The molecule has 2 heterocycles. The minimum absolute atomic E-state index is 0.0876. The van der Waals surface area contributed by atoms with Crippen LogP contribution in [0.2, 0.25) is 0 Å². The molecular weight excluding hydrogens is 244 g/mol. The molecule has 0 spiro atoms. The Labute approximate surface area is 113 Å². The Morgan fingerprint density at radius 1 is 1.58 bits per heavy atom. The van der Waals surface area contributed by atoms with E-state index in [2.05, 4.69) is 28.8 Å². The molecule has 1 atom stereocenters. The van der Waals surface area contributed by atoms with Crippen LogP contribution in [0.4, 0.5) is 0 Å². The van der Waals surface area contributed by atoms with Crippen LogP contribution in [0.15, 0.2) is 6.33 Å². The lowest BCUT2D eigenvalue weighted by Crippen LogP contribution is -2.44. The Balaban J connectivity index is 1.96. The van der Waals surface area contributed by atoms with Crippen molar-refractivity contribution >= 4 is 5.78 Å². The number of ether oxygens (including phenoxy) is 1. The molecule has 0 bridgehead atoms. The van der Waals surface area contributed by atoms with Crippen LogP contribution in [-0.2, 0) is 22.5 Å². The van der Waals surface area contributed by atoms with E-state index < -0.39 is 0 Å². The maximum absolute atomic E-state index is 12.2. The van der Waals surface area contributed by atoms with E-state index in [4.69, 9.17) is 4.74 Å². The number of morpholine rings is 1. The van der Waals surface area contributed by atoms with Gasteiger partial charge in [-0.2, -0.15) is 5.10 Å². The van der Waals surface area contributed by atoms with E-state index >= 15 is 0 Å². The molecule has 0 aromatic carbocycles. The van der Waals surface area contributed by atoms with E-state index in [-0.39, 0.29) is 11.9 Å². The number of likely N-dealkylation sites (N-methyl/N-ethyl adjacent to an activating group) is 1. The van der Waals surface area contributed by atoms with Gasteiger partial charge in [0, 0.05) is 19.6 Å². The number of nitrogens with zero attached hydrogens (tertiary/aromatic N) is 4. The Morgan fingerprint density at radius 2 is 2.37 bits per heavy atom. The lowest BCUT2D eigenvalue weighted by atomic mass is 10.1. The number of Topliss-reactive ketones (excluding diaryl/α,β-unsaturated/α-hetero) is 1. The van der Waals surface area contributed by atoms with Gasteiger partial charge >= 0.3 is 0 Å². The van der Waals surface area contributed by atoms with Gasteiger partial charge in [0.15, 0.2) is 5.78 Å². The van der Waals surface area contributed by atoms with E-state index in [1.165, 1.54) is 6.33 Å². The SMILES string of the molecule is CC(C)Cn1ncnc1CC(=O)C1CN(C)CCO1. The highest BCUT2D eigenvalue weighted by molar-refractivity contribution is 5.84. The van der Waals surface area contributed by atoms with Gasteiger partial charge in [0.25, 0.3) is 0 Å². The summed E-state index contributed by atoms with van der Waals surface area (Å²) >= 11 is 0. The number of carbonyl (C=O) groups excluding carboxylic acids is 1. The highest BCUT2D eigenvalue weighted by Crippen LogP contribution is 2.08. The molecule has 1 unspecified atom stereocenters. The van der Waals surface area contributed by atoms with Crippen LogP contribution < -0.4 is 0 Å². The number of rotatable bonds is 5. The average Bonchev–Trinajstić information content (AvgIpc) is 2.75. The Bertz CT molecular complexity index is 430. The number of carbonyl (C=O) groups is 1. The van der Waals surface area contributed by atoms with Gasteiger partial charge in [-0.25, -0.2) is 9.67 Å². The minimum Gasteiger partial charge on any atom is -0.368 e. The summed E-state index contributed by atoms with van der Waals surface area (Å²) in [6, 6.07) is 0. The molecule has 0 aliphatic carbocycles. The van der Waals surface area contributed by atoms with Gasteiger partial charge in [0.05, 0.1) is 13.0 Å². The molecule has 19 heavy (non-hydrogen) atoms. The first kappa shape index (κ1) is 14.1.